The van der Waals surface area contributed by atoms with Gasteiger partial charge in [-0.3, -0.25) is 28.7 Å². The lowest BCUT2D eigenvalue weighted by Gasteiger charge is -2.17. The summed E-state index contributed by atoms with van der Waals surface area (Å²) in [5, 5.41) is 30.9. The fourth-order valence-corrected chi connectivity index (χ4v) is 8.77. The highest BCUT2D eigenvalue weighted by atomic mass is 19.1. The van der Waals surface area contributed by atoms with Gasteiger partial charge >= 0.3 is 0 Å². The summed E-state index contributed by atoms with van der Waals surface area (Å²) in [6.07, 6.45) is 5.18. The van der Waals surface area contributed by atoms with Crippen LogP contribution >= 0.6 is 0 Å². The number of nitrogen functional groups attached to an aromatic ring is 2. The van der Waals surface area contributed by atoms with E-state index >= 15 is 0 Å². The van der Waals surface area contributed by atoms with E-state index in [1.165, 1.54) is 24.8 Å². The molecule has 0 radical (unpaired) electrons. The number of hydrogen-bond donors (Lipinski definition) is 4. The summed E-state index contributed by atoms with van der Waals surface area (Å²) in [5.74, 6) is 5.09. The van der Waals surface area contributed by atoms with Gasteiger partial charge in [0, 0.05) is 24.0 Å². The number of nitrogens with zero attached hydrogens (tertiary/aromatic N) is 12. The van der Waals surface area contributed by atoms with E-state index in [1.54, 1.807) is 49.9 Å². The lowest BCUT2D eigenvalue weighted by atomic mass is 10.1. The Morgan fingerprint density at radius 1 is 0.639 bits per heavy atom. The number of aromatic hydroxyl groups is 1. The first-order valence-electron chi connectivity index (χ1n) is 22.5. The summed E-state index contributed by atoms with van der Waals surface area (Å²) in [6, 6.07) is 28.0. The fourth-order valence-electron chi connectivity index (χ4n) is 8.77. The zero-order valence-corrected chi connectivity index (χ0v) is 39.1. The molecule has 72 heavy (non-hydrogen) atoms. The molecule has 0 aliphatic carbocycles. The van der Waals surface area contributed by atoms with Crippen molar-refractivity contribution in [3.05, 3.63) is 182 Å². The van der Waals surface area contributed by atoms with Crippen molar-refractivity contribution in [1.82, 2.24) is 58.6 Å². The van der Waals surface area contributed by atoms with Gasteiger partial charge in [0.1, 0.15) is 53.3 Å². The number of phenols is 1. The lowest BCUT2D eigenvalue weighted by Crippen LogP contribution is -2.25. The molecule has 0 saturated heterocycles. The molecule has 18 nitrogen and oxygen atoms in total. The molecule has 19 heteroatoms. The van der Waals surface area contributed by atoms with Crippen LogP contribution < -0.4 is 22.6 Å². The van der Waals surface area contributed by atoms with Crippen molar-refractivity contribution in [1.29, 1.82) is 0 Å². The molecule has 0 aliphatic rings. The predicted molar refractivity (Wildman–Crippen MR) is 272 cm³/mol. The van der Waals surface area contributed by atoms with Crippen molar-refractivity contribution in [2.75, 3.05) is 11.5 Å². The zero-order valence-electron chi connectivity index (χ0n) is 39.1. The monoisotopic (exact) mass is 958 g/mol. The van der Waals surface area contributed by atoms with Crippen LogP contribution in [0.5, 0.6) is 5.75 Å². The molecule has 0 amide bonds. The second-order valence-corrected chi connectivity index (χ2v) is 17.0. The highest BCUT2D eigenvalue weighted by molar-refractivity contribution is 5.98. The Hall–Kier alpha value is -9.67. The van der Waals surface area contributed by atoms with Crippen LogP contribution in [0.1, 0.15) is 40.7 Å². The van der Waals surface area contributed by atoms with Crippen LogP contribution in [0.2, 0.25) is 0 Å². The van der Waals surface area contributed by atoms with E-state index < -0.39 is 11.9 Å². The first-order chi connectivity index (χ1) is 34.7. The molecular formula is C53H43FN14O4. The van der Waals surface area contributed by atoms with Gasteiger partial charge in [0.15, 0.2) is 11.3 Å². The van der Waals surface area contributed by atoms with E-state index in [0.29, 0.717) is 72.2 Å². The maximum atomic E-state index is 14.1. The Kier molecular flexibility index (Phi) is 12.0. The number of aliphatic hydroxyl groups is 1. The SMILES string of the molecule is Cc1ccccc1-n1c(Cn2nc(-c3cc(O)cc(F)c3)c3c(N)ncnc32)cc2ncccc2c1=O.Cc1ccccc1-n1c(Cn2nc(C#C[C@@H](C)O)c3c(N)ncnc32)cc2nccc(C)c2c1=O. The number of aryl methyl sites for hydroxylation is 3. The molecule has 6 N–H and O–H groups in total. The molecule has 8 aromatic heterocycles. The molecule has 3 aromatic carbocycles. The first-order valence-corrected chi connectivity index (χ1v) is 22.5. The van der Waals surface area contributed by atoms with Crippen molar-refractivity contribution < 1.29 is 14.6 Å². The van der Waals surface area contributed by atoms with Crippen LogP contribution in [0.25, 0.3) is 66.5 Å². The van der Waals surface area contributed by atoms with Gasteiger partial charge in [0.2, 0.25) is 0 Å². The number of halogens is 1. The smallest absolute Gasteiger partial charge is 0.265 e. The van der Waals surface area contributed by atoms with E-state index in [-0.39, 0.29) is 41.6 Å². The maximum absolute atomic E-state index is 14.1. The van der Waals surface area contributed by atoms with Crippen LogP contribution in [0.4, 0.5) is 16.0 Å². The molecule has 356 valence electrons. The van der Waals surface area contributed by atoms with E-state index in [1.807, 2.05) is 87.5 Å². The molecule has 0 bridgehead atoms. The van der Waals surface area contributed by atoms with Crippen LogP contribution in [-0.2, 0) is 13.1 Å². The fraction of sp³-hybridized carbons (Fsp3) is 0.132. The van der Waals surface area contributed by atoms with Gasteiger partial charge < -0.3 is 21.7 Å². The molecule has 0 unspecified atom stereocenters. The van der Waals surface area contributed by atoms with E-state index in [0.717, 1.165) is 34.1 Å². The molecule has 8 heterocycles. The number of aromatic nitrogens is 12. The highest BCUT2D eigenvalue weighted by Crippen LogP contribution is 2.33. The summed E-state index contributed by atoms with van der Waals surface area (Å²) >= 11 is 0. The van der Waals surface area contributed by atoms with Crippen molar-refractivity contribution in [3.8, 4) is 40.2 Å². The summed E-state index contributed by atoms with van der Waals surface area (Å²) < 4.78 is 20.7. The van der Waals surface area contributed by atoms with Crippen molar-refractivity contribution in [2.24, 2.45) is 0 Å². The summed E-state index contributed by atoms with van der Waals surface area (Å²) in [4.78, 5) is 53.3. The van der Waals surface area contributed by atoms with E-state index in [9.17, 15) is 24.2 Å². The first kappa shape index (κ1) is 46.1. The standard InChI is InChI=1S/C27H20FN7O2.C26H23N7O2/c1-15-5-2-3-7-22(15)35-18(12-21-20(27(35)37)6-4-8-30-21)13-34-26-23(25(29)31-14-32-26)24(33-34)16-9-17(28)11-19(36)10-16;1-15-6-4-5-7-21(15)33-18(12-20-22(26(33)35)16(2)10-11-28-20)13-32-25-23(24(27)29-14-30-25)19(31-32)9-8-17(3)34/h2-12,14,36H,13H2,1H3,(H2,29,31,32);4-7,10-12,14,17,34H,13H2,1-3H3,(H2,27,29,30)/t;17-/m.1/s1. The van der Waals surface area contributed by atoms with Crippen molar-refractivity contribution in [2.45, 2.75) is 46.9 Å². The largest absolute Gasteiger partial charge is 0.508 e. The second-order valence-electron chi connectivity index (χ2n) is 17.0. The number of benzene rings is 3. The van der Waals surface area contributed by atoms with E-state index in [2.05, 4.69) is 51.9 Å². The minimum atomic E-state index is -0.831. The third kappa shape index (κ3) is 8.47. The molecule has 0 saturated carbocycles. The lowest BCUT2D eigenvalue weighted by molar-refractivity contribution is 0.253. The molecule has 11 rings (SSSR count). The third-order valence-corrected chi connectivity index (χ3v) is 12.1. The van der Waals surface area contributed by atoms with Crippen LogP contribution in [0.15, 0.2) is 132 Å². The topological polar surface area (TPSA) is 249 Å². The second kappa shape index (κ2) is 18.7. The van der Waals surface area contributed by atoms with Crippen molar-refractivity contribution >= 4 is 55.5 Å². The minimum Gasteiger partial charge on any atom is -0.508 e. The third-order valence-electron chi connectivity index (χ3n) is 12.1. The Morgan fingerprint density at radius 3 is 1.89 bits per heavy atom. The summed E-state index contributed by atoms with van der Waals surface area (Å²) in [5.41, 5.74) is 20.5. The number of para-hydroxylation sites is 2. The summed E-state index contributed by atoms with van der Waals surface area (Å²) in [6.45, 7) is 7.71. The minimum absolute atomic E-state index is 0.129. The molecule has 0 aliphatic heterocycles. The number of phenolic OH excluding ortho intramolecular Hbond substituents is 1. The molecular weight excluding hydrogens is 916 g/mol. The highest BCUT2D eigenvalue weighted by Gasteiger charge is 2.22. The van der Waals surface area contributed by atoms with Crippen LogP contribution in [0.3, 0.4) is 0 Å². The molecule has 0 fully saturated rings. The number of pyridine rings is 4. The van der Waals surface area contributed by atoms with Gasteiger partial charge in [-0.25, -0.2) is 33.7 Å². The van der Waals surface area contributed by atoms with Gasteiger partial charge in [-0.15, -0.1) is 0 Å². The normalized spacial score (nSPS) is 11.7. The number of nitrogens with two attached hydrogens (primary N) is 2. The Balaban J connectivity index is 0.000000166. The van der Waals surface area contributed by atoms with Gasteiger partial charge in [0.05, 0.1) is 68.4 Å². The average molecular weight is 959 g/mol. The maximum Gasteiger partial charge on any atom is 0.265 e. The number of anilines is 2. The Labute approximate surface area is 408 Å². The van der Waals surface area contributed by atoms with Gasteiger partial charge in [-0.05, 0) is 105 Å². The zero-order chi connectivity index (χ0) is 50.4. The average Bonchev–Trinajstić information content (AvgIpc) is 3.91. The molecule has 0 spiro atoms. The molecule has 1 atom stereocenters. The number of rotatable bonds is 7. The predicted octanol–water partition coefficient (Wildman–Crippen LogP) is 6.48. The van der Waals surface area contributed by atoms with Gasteiger partial charge in [-0.2, -0.15) is 10.2 Å². The van der Waals surface area contributed by atoms with Crippen LogP contribution in [0, 0.1) is 38.4 Å². The van der Waals surface area contributed by atoms with Crippen LogP contribution in [-0.4, -0.2) is 74.9 Å². The Bertz CT molecular complexity index is 4130. The Morgan fingerprint density at radius 2 is 1.24 bits per heavy atom. The van der Waals surface area contributed by atoms with E-state index in [4.69, 9.17) is 11.5 Å². The van der Waals surface area contributed by atoms with Crippen molar-refractivity contribution in [3.63, 3.8) is 0 Å². The number of aliphatic hydroxyl groups excluding tert-OH is 1. The van der Waals surface area contributed by atoms with Gasteiger partial charge in [0.25, 0.3) is 11.1 Å². The van der Waals surface area contributed by atoms with Gasteiger partial charge in [-0.1, -0.05) is 42.3 Å². The number of hydrogen-bond acceptors (Lipinski definition) is 14. The summed E-state index contributed by atoms with van der Waals surface area (Å²) in [7, 11) is 0. The number of fused-ring (bicyclic) bond motifs is 4. The molecule has 11 aromatic rings. The quantitative estimate of drug-likeness (QED) is 0.125.